The van der Waals surface area contributed by atoms with Crippen molar-refractivity contribution in [3.63, 3.8) is 0 Å². The van der Waals surface area contributed by atoms with E-state index in [-0.39, 0.29) is 29.6 Å². The zero-order valence-electron chi connectivity index (χ0n) is 13.6. The van der Waals surface area contributed by atoms with Gasteiger partial charge in [0.2, 0.25) is 5.91 Å². The van der Waals surface area contributed by atoms with E-state index >= 15 is 0 Å². The summed E-state index contributed by atoms with van der Waals surface area (Å²) in [5.74, 6) is 0.268. The van der Waals surface area contributed by atoms with Crippen LogP contribution in [0.25, 0.3) is 0 Å². The van der Waals surface area contributed by atoms with Gasteiger partial charge >= 0.3 is 0 Å². The highest BCUT2D eigenvalue weighted by molar-refractivity contribution is 5.85. The third-order valence-electron chi connectivity index (χ3n) is 5.11. The van der Waals surface area contributed by atoms with Crippen LogP contribution in [0.4, 0.5) is 0 Å². The van der Waals surface area contributed by atoms with E-state index in [1.807, 2.05) is 6.92 Å². The van der Waals surface area contributed by atoms with Gasteiger partial charge in [-0.15, -0.1) is 12.4 Å². The molecule has 1 saturated heterocycles. The maximum atomic E-state index is 12.3. The molecule has 2 rings (SSSR count). The van der Waals surface area contributed by atoms with Gasteiger partial charge in [-0.3, -0.25) is 4.79 Å². The molecule has 6 heteroatoms. The molecule has 22 heavy (non-hydrogen) atoms. The van der Waals surface area contributed by atoms with Crippen LogP contribution in [0.15, 0.2) is 0 Å². The number of carbonyl (C=O) groups is 1. The lowest BCUT2D eigenvalue weighted by Gasteiger charge is -2.42. The van der Waals surface area contributed by atoms with Gasteiger partial charge in [0.25, 0.3) is 0 Å². The minimum Gasteiger partial charge on any atom is -0.382 e. The number of halogens is 1. The Morgan fingerprint density at radius 3 is 2.64 bits per heavy atom. The van der Waals surface area contributed by atoms with Crippen molar-refractivity contribution in [2.75, 3.05) is 33.0 Å². The molecule has 3 N–H and O–H groups in total. The summed E-state index contributed by atoms with van der Waals surface area (Å²) in [5, 5.41) is 3.09. The van der Waals surface area contributed by atoms with E-state index in [4.69, 9.17) is 15.2 Å². The molecule has 1 aliphatic carbocycles. The lowest BCUT2D eigenvalue weighted by atomic mass is 9.66. The summed E-state index contributed by atoms with van der Waals surface area (Å²) in [6.45, 7) is 5.77. The molecular formula is C16H31ClN2O3. The molecule has 5 nitrogen and oxygen atoms in total. The molecule has 0 aromatic carbocycles. The number of amides is 1. The molecule has 0 bridgehead atoms. The Balaban J connectivity index is 0.00000242. The molecule has 0 spiro atoms. The van der Waals surface area contributed by atoms with Crippen LogP contribution >= 0.6 is 12.4 Å². The molecule has 2 fully saturated rings. The van der Waals surface area contributed by atoms with E-state index in [9.17, 15) is 4.79 Å². The molecule has 1 atom stereocenters. The predicted molar refractivity (Wildman–Crippen MR) is 89.2 cm³/mol. The highest BCUT2D eigenvalue weighted by Gasteiger charge is 2.37. The third-order valence-corrected chi connectivity index (χ3v) is 5.11. The van der Waals surface area contributed by atoms with Crippen LogP contribution < -0.4 is 11.1 Å². The van der Waals surface area contributed by atoms with Crippen molar-refractivity contribution in [1.82, 2.24) is 5.32 Å². The molecule has 1 heterocycles. The van der Waals surface area contributed by atoms with E-state index in [0.717, 1.165) is 52.2 Å². The minimum absolute atomic E-state index is 0. The van der Waals surface area contributed by atoms with Gasteiger partial charge in [-0.2, -0.15) is 0 Å². The van der Waals surface area contributed by atoms with Gasteiger partial charge in [-0.1, -0.05) is 6.42 Å². The molecule has 2 aliphatic rings. The summed E-state index contributed by atoms with van der Waals surface area (Å²) in [6.07, 6.45) is 6.45. The fourth-order valence-corrected chi connectivity index (χ4v) is 3.31. The highest BCUT2D eigenvalue weighted by Crippen LogP contribution is 2.43. The fourth-order valence-electron chi connectivity index (χ4n) is 3.31. The molecule has 0 aromatic heterocycles. The maximum Gasteiger partial charge on any atom is 0.237 e. The molecule has 0 radical (unpaired) electrons. The zero-order chi connectivity index (χ0) is 15.1. The van der Waals surface area contributed by atoms with Crippen LogP contribution in [-0.4, -0.2) is 44.9 Å². The first-order valence-corrected chi connectivity index (χ1v) is 8.36. The first kappa shape index (κ1) is 19.7. The van der Waals surface area contributed by atoms with E-state index in [0.29, 0.717) is 0 Å². The molecule has 130 valence electrons. The largest absolute Gasteiger partial charge is 0.382 e. The Bertz CT molecular complexity index is 331. The maximum absolute atomic E-state index is 12.3. The number of nitrogens with one attached hydrogen (secondary N) is 1. The number of hydrogen-bond acceptors (Lipinski definition) is 4. The van der Waals surface area contributed by atoms with E-state index in [1.165, 1.54) is 19.3 Å². The van der Waals surface area contributed by atoms with Crippen LogP contribution in [0.2, 0.25) is 0 Å². The fraction of sp³-hybridized carbons (Fsp3) is 0.938. The standard InChI is InChI=1S/C16H30N2O3.ClH/c1-2-20-11-8-16(6-3-7-16)12-18-15(19)14(17)13-4-9-21-10-5-13;/h13-14H,2-12,17H2,1H3,(H,18,19);1H. The summed E-state index contributed by atoms with van der Waals surface area (Å²) in [5.41, 5.74) is 6.36. The highest BCUT2D eigenvalue weighted by atomic mass is 35.5. The zero-order valence-corrected chi connectivity index (χ0v) is 14.5. The number of hydrogen-bond donors (Lipinski definition) is 2. The van der Waals surface area contributed by atoms with E-state index in [2.05, 4.69) is 5.32 Å². The van der Waals surface area contributed by atoms with Gasteiger partial charge in [-0.05, 0) is 50.4 Å². The second kappa shape index (κ2) is 9.71. The van der Waals surface area contributed by atoms with Crippen LogP contribution in [0.5, 0.6) is 0 Å². The molecule has 0 aromatic rings. The van der Waals surface area contributed by atoms with Gasteiger partial charge in [0, 0.05) is 33.0 Å². The number of rotatable bonds is 8. The molecule has 1 saturated carbocycles. The quantitative estimate of drug-likeness (QED) is 0.665. The summed E-state index contributed by atoms with van der Waals surface area (Å²) in [7, 11) is 0. The van der Waals surface area contributed by atoms with Crippen molar-refractivity contribution < 1.29 is 14.3 Å². The Hall–Kier alpha value is -0.360. The normalized spacial score (nSPS) is 22.3. The lowest BCUT2D eigenvalue weighted by Crippen LogP contribution is -2.51. The van der Waals surface area contributed by atoms with Crippen LogP contribution in [0.3, 0.4) is 0 Å². The van der Waals surface area contributed by atoms with Crippen molar-refractivity contribution in [1.29, 1.82) is 0 Å². The van der Waals surface area contributed by atoms with Crippen LogP contribution in [-0.2, 0) is 14.3 Å². The summed E-state index contributed by atoms with van der Waals surface area (Å²) < 4.78 is 10.8. The Morgan fingerprint density at radius 1 is 1.41 bits per heavy atom. The summed E-state index contributed by atoms with van der Waals surface area (Å²) >= 11 is 0. The molecule has 1 amide bonds. The Kier molecular flexibility index (Phi) is 8.69. The van der Waals surface area contributed by atoms with Gasteiger partial charge in [0.15, 0.2) is 0 Å². The number of nitrogens with two attached hydrogens (primary N) is 1. The van der Waals surface area contributed by atoms with E-state index < -0.39 is 6.04 Å². The van der Waals surface area contributed by atoms with Crippen molar-refractivity contribution in [2.24, 2.45) is 17.1 Å². The average molecular weight is 335 g/mol. The van der Waals surface area contributed by atoms with Gasteiger partial charge in [-0.25, -0.2) is 0 Å². The molecule has 1 unspecified atom stereocenters. The van der Waals surface area contributed by atoms with Crippen molar-refractivity contribution in [3.8, 4) is 0 Å². The Morgan fingerprint density at radius 2 is 2.09 bits per heavy atom. The minimum atomic E-state index is -0.391. The third kappa shape index (κ3) is 5.37. The van der Waals surface area contributed by atoms with Crippen molar-refractivity contribution in [2.45, 2.75) is 51.5 Å². The first-order chi connectivity index (χ1) is 10.2. The SMILES string of the molecule is CCOCCC1(CNC(=O)C(N)C2CCOCC2)CCC1.Cl. The molecular weight excluding hydrogens is 304 g/mol. The number of ether oxygens (including phenoxy) is 2. The van der Waals surface area contributed by atoms with Gasteiger partial charge in [0.1, 0.15) is 0 Å². The Labute approximate surface area is 140 Å². The van der Waals surface area contributed by atoms with Gasteiger partial charge < -0.3 is 20.5 Å². The van der Waals surface area contributed by atoms with Crippen molar-refractivity contribution in [3.05, 3.63) is 0 Å². The first-order valence-electron chi connectivity index (χ1n) is 8.36. The average Bonchev–Trinajstić information content (AvgIpc) is 2.49. The summed E-state index contributed by atoms with van der Waals surface area (Å²) in [4.78, 5) is 12.3. The van der Waals surface area contributed by atoms with Crippen LogP contribution in [0, 0.1) is 11.3 Å². The van der Waals surface area contributed by atoms with E-state index in [1.54, 1.807) is 0 Å². The van der Waals surface area contributed by atoms with Gasteiger partial charge in [0.05, 0.1) is 6.04 Å². The molecule has 1 aliphatic heterocycles. The summed E-state index contributed by atoms with van der Waals surface area (Å²) in [6, 6.07) is -0.391. The topological polar surface area (TPSA) is 73.6 Å². The predicted octanol–water partition coefficient (Wildman–Crippen LogP) is 1.88. The second-order valence-corrected chi connectivity index (χ2v) is 6.49. The monoisotopic (exact) mass is 334 g/mol. The number of carbonyl (C=O) groups excluding carboxylic acids is 1. The van der Waals surface area contributed by atoms with Crippen molar-refractivity contribution >= 4 is 18.3 Å². The smallest absolute Gasteiger partial charge is 0.237 e. The van der Waals surface area contributed by atoms with Crippen LogP contribution in [0.1, 0.15) is 45.4 Å². The lowest BCUT2D eigenvalue weighted by molar-refractivity contribution is -0.125. The second-order valence-electron chi connectivity index (χ2n) is 6.49.